The summed E-state index contributed by atoms with van der Waals surface area (Å²) in [4.78, 5) is 14.8. The highest BCUT2D eigenvalue weighted by Crippen LogP contribution is 2.22. The molecule has 0 aromatic heterocycles. The van der Waals surface area contributed by atoms with Gasteiger partial charge in [-0.05, 0) is 34.1 Å². The van der Waals surface area contributed by atoms with E-state index >= 15 is 0 Å². The van der Waals surface area contributed by atoms with Crippen molar-refractivity contribution in [2.24, 2.45) is 0 Å². The number of nitrogens with zero attached hydrogens (tertiary/aromatic N) is 2. The van der Waals surface area contributed by atoms with Crippen LogP contribution in [0, 0.1) is 11.3 Å². The zero-order valence-electron chi connectivity index (χ0n) is 10.6. The summed E-state index contributed by atoms with van der Waals surface area (Å²) in [5.41, 5.74) is 0.543. The van der Waals surface area contributed by atoms with Crippen LogP contribution < -0.4 is 0 Å². The summed E-state index contributed by atoms with van der Waals surface area (Å²) in [6.07, 6.45) is 0.299. The Labute approximate surface area is 126 Å². The molecule has 1 aromatic rings. The highest BCUT2D eigenvalue weighted by molar-refractivity contribution is 9.10. The lowest BCUT2D eigenvalue weighted by Crippen LogP contribution is -2.34. The van der Waals surface area contributed by atoms with Crippen LogP contribution in [-0.4, -0.2) is 37.6 Å². The molecule has 0 N–H and O–H groups in total. The van der Waals surface area contributed by atoms with Crippen molar-refractivity contribution in [3.05, 3.63) is 28.2 Å². The predicted molar refractivity (Wildman–Crippen MR) is 79.4 cm³/mol. The number of nitriles is 1. The van der Waals surface area contributed by atoms with Crippen LogP contribution in [0.25, 0.3) is 0 Å². The number of thiol groups is 1. The van der Waals surface area contributed by atoms with Gasteiger partial charge < -0.3 is 9.64 Å². The Kier molecular flexibility index (Phi) is 6.92. The van der Waals surface area contributed by atoms with Crippen molar-refractivity contribution in [3.8, 4) is 6.07 Å². The number of carbonyl (C=O) groups excluding carboxylic acids is 1. The molecule has 0 heterocycles. The van der Waals surface area contributed by atoms with Gasteiger partial charge in [0.15, 0.2) is 0 Å². The maximum absolute atomic E-state index is 12.4. The normalized spacial score (nSPS) is 10.0. The molecule has 4 nitrogen and oxygen atoms in total. The molecule has 0 saturated carbocycles. The number of hydrogen-bond acceptors (Lipinski definition) is 4. The van der Waals surface area contributed by atoms with Gasteiger partial charge in [-0.3, -0.25) is 4.79 Å². The lowest BCUT2D eigenvalue weighted by Gasteiger charge is -2.22. The maximum atomic E-state index is 12.4. The topological polar surface area (TPSA) is 53.3 Å². The van der Waals surface area contributed by atoms with Gasteiger partial charge >= 0.3 is 0 Å². The van der Waals surface area contributed by atoms with Gasteiger partial charge in [0.2, 0.25) is 0 Å². The molecule has 6 heteroatoms. The van der Waals surface area contributed by atoms with Crippen LogP contribution >= 0.6 is 28.6 Å². The molecule has 1 rings (SSSR count). The molecule has 0 saturated heterocycles. The van der Waals surface area contributed by atoms with Crippen molar-refractivity contribution in [3.63, 3.8) is 0 Å². The fourth-order valence-corrected chi connectivity index (χ4v) is 2.17. The molecule has 1 aromatic carbocycles. The monoisotopic (exact) mass is 342 g/mol. The molecular weight excluding hydrogens is 328 g/mol. The summed E-state index contributed by atoms with van der Waals surface area (Å²) in [7, 11) is 1.58. The van der Waals surface area contributed by atoms with Crippen molar-refractivity contribution < 1.29 is 9.53 Å². The van der Waals surface area contributed by atoms with E-state index < -0.39 is 0 Å². The van der Waals surface area contributed by atoms with Gasteiger partial charge in [-0.2, -0.15) is 5.26 Å². The smallest absolute Gasteiger partial charge is 0.255 e. The third kappa shape index (κ3) is 4.86. The lowest BCUT2D eigenvalue weighted by molar-refractivity contribution is 0.0698. The molecular formula is C13H15BrN2O2S. The highest BCUT2D eigenvalue weighted by Gasteiger charge is 2.18. The van der Waals surface area contributed by atoms with E-state index in [0.717, 1.165) is 9.37 Å². The Morgan fingerprint density at radius 3 is 2.89 bits per heavy atom. The van der Waals surface area contributed by atoms with E-state index in [1.807, 2.05) is 6.07 Å². The molecule has 1 amide bonds. The van der Waals surface area contributed by atoms with Crippen molar-refractivity contribution in [2.45, 2.75) is 11.3 Å². The molecule has 0 radical (unpaired) electrons. The first-order valence-corrected chi connectivity index (χ1v) is 6.98. The first-order chi connectivity index (χ1) is 9.10. The molecule has 0 spiro atoms. The van der Waals surface area contributed by atoms with Crippen LogP contribution in [0.4, 0.5) is 0 Å². The average Bonchev–Trinajstić information content (AvgIpc) is 2.41. The van der Waals surface area contributed by atoms with Crippen molar-refractivity contribution in [1.29, 1.82) is 5.26 Å². The van der Waals surface area contributed by atoms with Crippen LogP contribution in [-0.2, 0) is 4.74 Å². The fraction of sp³-hybridized carbons (Fsp3) is 0.385. The molecule has 0 aliphatic rings. The van der Waals surface area contributed by atoms with Gasteiger partial charge in [0.1, 0.15) is 0 Å². The van der Waals surface area contributed by atoms with Crippen molar-refractivity contribution >= 4 is 34.5 Å². The number of halogens is 1. The number of hydrogen-bond donors (Lipinski definition) is 1. The van der Waals surface area contributed by atoms with Gasteiger partial charge in [0.05, 0.1) is 24.7 Å². The fourth-order valence-electron chi connectivity index (χ4n) is 1.55. The summed E-state index contributed by atoms with van der Waals surface area (Å²) in [5.74, 6) is -0.130. The van der Waals surface area contributed by atoms with Crippen LogP contribution in [0.1, 0.15) is 16.8 Å². The number of amides is 1. The first-order valence-electron chi connectivity index (χ1n) is 5.73. The van der Waals surface area contributed by atoms with Gasteiger partial charge in [0.25, 0.3) is 5.91 Å². The molecule has 0 aliphatic carbocycles. The zero-order chi connectivity index (χ0) is 14.3. The number of ether oxygens (including phenoxy) is 1. The standard InChI is InChI=1S/C13H15BrN2O2S/c1-18-8-7-16(6-2-5-15)13(17)11-9-10(19)3-4-12(11)14/h3-4,9,19H,2,6-8H2,1H3. The van der Waals surface area contributed by atoms with Crippen LogP contribution in [0.3, 0.4) is 0 Å². The average molecular weight is 343 g/mol. The Morgan fingerprint density at radius 1 is 1.53 bits per heavy atom. The second-order valence-corrected chi connectivity index (χ2v) is 5.23. The molecule has 102 valence electrons. The minimum absolute atomic E-state index is 0.130. The third-order valence-corrected chi connectivity index (χ3v) is 3.50. The Hall–Kier alpha value is -1.03. The van der Waals surface area contributed by atoms with Crippen LogP contribution in [0.5, 0.6) is 0 Å². The second kappa shape index (κ2) is 8.20. The van der Waals surface area contributed by atoms with Crippen LogP contribution in [0.2, 0.25) is 0 Å². The third-order valence-electron chi connectivity index (χ3n) is 2.53. The van der Waals surface area contributed by atoms with E-state index in [2.05, 4.69) is 28.6 Å². The Morgan fingerprint density at radius 2 is 2.26 bits per heavy atom. The predicted octanol–water partition coefficient (Wildman–Crippen LogP) is 2.74. The highest BCUT2D eigenvalue weighted by atomic mass is 79.9. The van der Waals surface area contributed by atoms with Gasteiger partial charge in [-0.25, -0.2) is 0 Å². The summed E-state index contributed by atoms with van der Waals surface area (Å²) < 4.78 is 5.71. The number of carbonyl (C=O) groups is 1. The van der Waals surface area contributed by atoms with E-state index in [-0.39, 0.29) is 5.91 Å². The van der Waals surface area contributed by atoms with E-state index in [4.69, 9.17) is 10.00 Å². The van der Waals surface area contributed by atoms with E-state index in [1.54, 1.807) is 30.2 Å². The van der Waals surface area contributed by atoms with E-state index in [1.165, 1.54) is 0 Å². The second-order valence-electron chi connectivity index (χ2n) is 3.86. The lowest BCUT2D eigenvalue weighted by atomic mass is 10.2. The largest absolute Gasteiger partial charge is 0.383 e. The van der Waals surface area contributed by atoms with Crippen LogP contribution in [0.15, 0.2) is 27.6 Å². The minimum atomic E-state index is -0.130. The molecule has 0 fully saturated rings. The van der Waals surface area contributed by atoms with Gasteiger partial charge in [0, 0.05) is 29.6 Å². The number of methoxy groups -OCH3 is 1. The quantitative estimate of drug-likeness (QED) is 0.808. The number of benzene rings is 1. The number of rotatable bonds is 6. The molecule has 0 unspecified atom stereocenters. The SMILES string of the molecule is COCCN(CCC#N)C(=O)c1cc(S)ccc1Br. The molecule has 0 atom stereocenters. The molecule has 0 aliphatic heterocycles. The maximum Gasteiger partial charge on any atom is 0.255 e. The minimum Gasteiger partial charge on any atom is -0.383 e. The van der Waals surface area contributed by atoms with Crippen molar-refractivity contribution in [2.75, 3.05) is 26.8 Å². The van der Waals surface area contributed by atoms with Gasteiger partial charge in [-0.1, -0.05) is 0 Å². The summed E-state index contributed by atoms with van der Waals surface area (Å²) >= 11 is 7.59. The van der Waals surface area contributed by atoms with E-state index in [0.29, 0.717) is 31.7 Å². The first kappa shape index (κ1) is 16.0. The Balaban J connectivity index is 2.91. The Bertz CT molecular complexity index is 488. The molecule has 0 bridgehead atoms. The summed E-state index contributed by atoms with van der Waals surface area (Å²) in [6.45, 7) is 1.29. The van der Waals surface area contributed by atoms with Crippen molar-refractivity contribution in [1.82, 2.24) is 4.90 Å². The zero-order valence-corrected chi connectivity index (χ0v) is 13.1. The van der Waals surface area contributed by atoms with Gasteiger partial charge in [-0.15, -0.1) is 12.6 Å². The summed E-state index contributed by atoms with van der Waals surface area (Å²) in [6, 6.07) is 7.35. The summed E-state index contributed by atoms with van der Waals surface area (Å²) in [5, 5.41) is 8.65. The van der Waals surface area contributed by atoms with E-state index in [9.17, 15) is 4.79 Å². The molecule has 19 heavy (non-hydrogen) atoms.